The van der Waals surface area contributed by atoms with Gasteiger partial charge in [-0.1, -0.05) is 24.3 Å². The first kappa shape index (κ1) is 9.54. The van der Waals surface area contributed by atoms with E-state index in [0.717, 1.165) is 10.8 Å². The smallest absolute Gasteiger partial charge is 0.0992 e. The molecular weight excluding hydrogens is 204 g/mol. The minimum Gasteiger partial charge on any atom is -0.194 e. The van der Waals surface area contributed by atoms with Crippen LogP contribution in [0.2, 0.25) is 0 Å². The van der Waals surface area contributed by atoms with Crippen molar-refractivity contribution in [2.75, 3.05) is 0 Å². The van der Waals surface area contributed by atoms with Gasteiger partial charge in [-0.2, -0.15) is 10.3 Å². The van der Waals surface area contributed by atoms with Crippen LogP contribution in [0.4, 0.5) is 5.69 Å². The molecule has 0 aliphatic rings. The molecular formula is C12H6N2S. The fourth-order valence-corrected chi connectivity index (χ4v) is 1.59. The lowest BCUT2D eigenvalue weighted by Crippen LogP contribution is -1.78. The van der Waals surface area contributed by atoms with Crippen LogP contribution in [-0.4, -0.2) is 5.16 Å². The van der Waals surface area contributed by atoms with Crippen molar-refractivity contribution in [1.29, 1.82) is 5.26 Å². The van der Waals surface area contributed by atoms with Crippen LogP contribution >= 0.6 is 12.2 Å². The Kier molecular flexibility index (Phi) is 2.55. The average molecular weight is 210 g/mol. The lowest BCUT2D eigenvalue weighted by molar-refractivity contribution is 1.48. The molecule has 0 radical (unpaired) electrons. The molecule has 0 spiro atoms. The molecule has 0 atom stereocenters. The Morgan fingerprint density at radius 2 is 2.00 bits per heavy atom. The third-order valence-electron chi connectivity index (χ3n) is 2.14. The lowest BCUT2D eigenvalue weighted by Gasteiger charge is -2.01. The second-order valence-corrected chi connectivity index (χ2v) is 3.21. The monoisotopic (exact) mass is 210 g/mol. The third-order valence-corrected chi connectivity index (χ3v) is 2.23. The lowest BCUT2D eigenvalue weighted by atomic mass is 10.1. The summed E-state index contributed by atoms with van der Waals surface area (Å²) in [6, 6.07) is 13.4. The summed E-state index contributed by atoms with van der Waals surface area (Å²) in [7, 11) is 0. The number of thiocarbonyl (C=S) groups is 1. The zero-order chi connectivity index (χ0) is 10.7. The molecule has 70 valence electrons. The van der Waals surface area contributed by atoms with Crippen LogP contribution in [0.1, 0.15) is 5.56 Å². The van der Waals surface area contributed by atoms with Gasteiger partial charge in [-0.15, -0.1) is 0 Å². The number of aliphatic imine (C=N–C) groups is 1. The van der Waals surface area contributed by atoms with E-state index in [2.05, 4.69) is 28.4 Å². The number of rotatable bonds is 1. The molecule has 0 bridgehead atoms. The highest BCUT2D eigenvalue weighted by Crippen LogP contribution is 2.27. The highest BCUT2D eigenvalue weighted by atomic mass is 32.1. The number of benzene rings is 2. The van der Waals surface area contributed by atoms with Crippen molar-refractivity contribution >= 4 is 33.8 Å². The van der Waals surface area contributed by atoms with Gasteiger partial charge in [0, 0.05) is 5.39 Å². The molecule has 0 fully saturated rings. The van der Waals surface area contributed by atoms with Crippen molar-refractivity contribution in [2.45, 2.75) is 0 Å². The SMILES string of the molecule is N#Cc1cc(N=C=S)c2ccccc2c1. The van der Waals surface area contributed by atoms with E-state index in [0.29, 0.717) is 11.3 Å². The van der Waals surface area contributed by atoms with E-state index in [9.17, 15) is 0 Å². The Hall–Kier alpha value is -2.01. The van der Waals surface area contributed by atoms with Gasteiger partial charge in [0.05, 0.1) is 22.5 Å². The summed E-state index contributed by atoms with van der Waals surface area (Å²) in [5.74, 6) is 0. The summed E-state index contributed by atoms with van der Waals surface area (Å²) in [5, 5.41) is 13.1. The molecule has 15 heavy (non-hydrogen) atoms. The zero-order valence-electron chi connectivity index (χ0n) is 7.77. The van der Waals surface area contributed by atoms with E-state index >= 15 is 0 Å². The van der Waals surface area contributed by atoms with Gasteiger partial charge in [-0.05, 0) is 29.7 Å². The maximum Gasteiger partial charge on any atom is 0.0992 e. The third kappa shape index (κ3) is 1.77. The maximum absolute atomic E-state index is 8.85. The minimum absolute atomic E-state index is 0.581. The van der Waals surface area contributed by atoms with Gasteiger partial charge >= 0.3 is 0 Å². The maximum atomic E-state index is 8.85. The topological polar surface area (TPSA) is 36.1 Å². The first-order valence-electron chi connectivity index (χ1n) is 4.36. The molecule has 0 amide bonds. The van der Waals surface area contributed by atoms with Crippen molar-refractivity contribution in [3.8, 4) is 6.07 Å². The number of hydrogen-bond donors (Lipinski definition) is 0. The zero-order valence-corrected chi connectivity index (χ0v) is 8.58. The van der Waals surface area contributed by atoms with Crippen LogP contribution in [-0.2, 0) is 0 Å². The van der Waals surface area contributed by atoms with E-state index in [-0.39, 0.29) is 0 Å². The van der Waals surface area contributed by atoms with Gasteiger partial charge in [-0.25, -0.2) is 0 Å². The van der Waals surface area contributed by atoms with E-state index in [1.807, 2.05) is 30.3 Å². The quantitative estimate of drug-likeness (QED) is 0.534. The van der Waals surface area contributed by atoms with Gasteiger partial charge in [-0.3, -0.25) is 0 Å². The highest BCUT2D eigenvalue weighted by Gasteiger charge is 2.01. The van der Waals surface area contributed by atoms with Crippen LogP contribution in [0.5, 0.6) is 0 Å². The van der Waals surface area contributed by atoms with Crippen LogP contribution in [0.3, 0.4) is 0 Å². The molecule has 0 unspecified atom stereocenters. The van der Waals surface area contributed by atoms with Crippen molar-refractivity contribution in [3.63, 3.8) is 0 Å². The van der Waals surface area contributed by atoms with E-state index in [1.165, 1.54) is 0 Å². The van der Waals surface area contributed by atoms with E-state index in [4.69, 9.17) is 5.26 Å². The number of nitrogens with zero attached hydrogens (tertiary/aromatic N) is 2. The van der Waals surface area contributed by atoms with Gasteiger partial charge < -0.3 is 0 Å². The van der Waals surface area contributed by atoms with Crippen LogP contribution in [0, 0.1) is 11.3 Å². The van der Waals surface area contributed by atoms with Crippen LogP contribution in [0.25, 0.3) is 10.8 Å². The fraction of sp³-hybridized carbons (Fsp3) is 0. The molecule has 0 aliphatic heterocycles. The number of fused-ring (bicyclic) bond motifs is 1. The number of nitriles is 1. The molecule has 0 heterocycles. The average Bonchev–Trinajstić information content (AvgIpc) is 2.29. The molecule has 0 saturated carbocycles. The number of isothiocyanates is 1. The predicted octanol–water partition coefficient (Wildman–Crippen LogP) is 3.45. The molecule has 2 aromatic rings. The van der Waals surface area contributed by atoms with Crippen molar-refractivity contribution in [3.05, 3.63) is 42.0 Å². The fourth-order valence-electron chi connectivity index (χ4n) is 1.50. The molecule has 2 nitrogen and oxygen atoms in total. The second kappa shape index (κ2) is 4.02. The largest absolute Gasteiger partial charge is 0.194 e. The highest BCUT2D eigenvalue weighted by molar-refractivity contribution is 7.78. The van der Waals surface area contributed by atoms with Crippen molar-refractivity contribution < 1.29 is 0 Å². The summed E-state index contributed by atoms with van der Waals surface area (Å²) >= 11 is 4.58. The van der Waals surface area contributed by atoms with E-state index < -0.39 is 0 Å². The molecule has 0 saturated heterocycles. The van der Waals surface area contributed by atoms with Crippen LogP contribution < -0.4 is 0 Å². The summed E-state index contributed by atoms with van der Waals surface area (Å²) in [6.07, 6.45) is 0. The van der Waals surface area contributed by atoms with E-state index in [1.54, 1.807) is 6.07 Å². The van der Waals surface area contributed by atoms with Gasteiger partial charge in [0.25, 0.3) is 0 Å². The Bertz CT molecular complexity index is 605. The normalized spacial score (nSPS) is 9.27. The van der Waals surface area contributed by atoms with Crippen LogP contribution in [0.15, 0.2) is 41.4 Å². The molecule has 0 N–H and O–H groups in total. The molecule has 0 aromatic heterocycles. The van der Waals surface area contributed by atoms with Crippen molar-refractivity contribution in [2.24, 2.45) is 4.99 Å². The summed E-state index contributed by atoms with van der Waals surface area (Å²) in [6.45, 7) is 0. The second-order valence-electron chi connectivity index (χ2n) is 3.03. The summed E-state index contributed by atoms with van der Waals surface area (Å²) in [4.78, 5) is 3.96. The first-order valence-corrected chi connectivity index (χ1v) is 4.77. The standard InChI is InChI=1S/C12H6N2S/c13-7-9-5-10-3-1-2-4-11(10)12(6-9)14-8-15/h1-6H. The van der Waals surface area contributed by atoms with Gasteiger partial charge in [0.1, 0.15) is 0 Å². The number of hydrogen-bond acceptors (Lipinski definition) is 3. The molecule has 2 rings (SSSR count). The summed E-state index contributed by atoms with van der Waals surface area (Å²) < 4.78 is 0. The Morgan fingerprint density at radius 1 is 1.20 bits per heavy atom. The summed E-state index contributed by atoms with van der Waals surface area (Å²) in [5.41, 5.74) is 1.28. The van der Waals surface area contributed by atoms with Gasteiger partial charge in [0.15, 0.2) is 0 Å². The Labute approximate surface area is 92.5 Å². The van der Waals surface area contributed by atoms with Crippen molar-refractivity contribution in [1.82, 2.24) is 0 Å². The predicted molar refractivity (Wildman–Crippen MR) is 63.3 cm³/mol. The Balaban J connectivity index is 2.87. The first-order chi connectivity index (χ1) is 7.35. The Morgan fingerprint density at radius 3 is 2.73 bits per heavy atom. The molecule has 2 aromatic carbocycles. The van der Waals surface area contributed by atoms with Gasteiger partial charge in [0.2, 0.25) is 0 Å². The molecule has 0 aliphatic carbocycles. The molecule has 3 heteroatoms. The minimum atomic E-state index is 0.581.